The second-order valence-electron chi connectivity index (χ2n) is 3.43. The molecule has 0 aliphatic carbocycles. The van der Waals surface area contributed by atoms with Crippen LogP contribution < -0.4 is 5.56 Å². The third kappa shape index (κ3) is 2.54. The Morgan fingerprint density at radius 2 is 2.12 bits per heavy atom. The number of aromatic nitrogens is 2. The Balaban J connectivity index is 2.36. The molecule has 0 atom stereocenters. The van der Waals surface area contributed by atoms with Gasteiger partial charge in [0.15, 0.2) is 0 Å². The normalized spacial score (nSPS) is 10.1. The predicted octanol–water partition coefficient (Wildman–Crippen LogP) is 1.20. The second-order valence-corrected chi connectivity index (χ2v) is 3.43. The molecule has 0 radical (unpaired) electrons. The Morgan fingerprint density at radius 3 is 2.76 bits per heavy atom. The highest BCUT2D eigenvalue weighted by molar-refractivity contribution is 5.25. The van der Waals surface area contributed by atoms with Gasteiger partial charge in [0.2, 0.25) is 0 Å². The van der Waals surface area contributed by atoms with Gasteiger partial charge in [-0.15, -0.1) is 0 Å². The van der Waals surface area contributed by atoms with Crippen molar-refractivity contribution >= 4 is 5.69 Å². The number of nitro groups is 1. The van der Waals surface area contributed by atoms with Crippen molar-refractivity contribution in [1.29, 1.82) is 0 Å². The van der Waals surface area contributed by atoms with Gasteiger partial charge in [-0.05, 0) is 12.1 Å². The first-order valence-electron chi connectivity index (χ1n) is 4.91. The van der Waals surface area contributed by atoms with Crippen molar-refractivity contribution in [2.24, 2.45) is 0 Å². The van der Waals surface area contributed by atoms with Gasteiger partial charge in [-0.25, -0.2) is 0 Å². The molecule has 0 unspecified atom stereocenters. The molecule has 2 aromatic heterocycles. The van der Waals surface area contributed by atoms with Crippen LogP contribution in [0.25, 0.3) is 0 Å². The first-order valence-corrected chi connectivity index (χ1v) is 4.91. The third-order valence-electron chi connectivity index (χ3n) is 2.24. The highest BCUT2D eigenvalue weighted by Gasteiger charge is 2.08. The van der Waals surface area contributed by atoms with Crippen molar-refractivity contribution in [3.63, 3.8) is 0 Å². The molecule has 0 bridgehead atoms. The summed E-state index contributed by atoms with van der Waals surface area (Å²) in [4.78, 5) is 25.6. The largest absolute Gasteiger partial charge is 0.303 e. The maximum Gasteiger partial charge on any atom is 0.285 e. The standard InChI is InChI=1S/C11H9N3O3/c15-11-5-4-10(14(16)17)8-13(11)7-9-3-1-2-6-12-9/h1-6,8H,7H2. The minimum Gasteiger partial charge on any atom is -0.303 e. The van der Waals surface area contributed by atoms with Gasteiger partial charge in [-0.2, -0.15) is 0 Å². The van der Waals surface area contributed by atoms with Gasteiger partial charge < -0.3 is 4.57 Å². The van der Waals surface area contributed by atoms with E-state index in [0.717, 1.165) is 0 Å². The van der Waals surface area contributed by atoms with Crippen molar-refractivity contribution in [2.45, 2.75) is 6.54 Å². The second kappa shape index (κ2) is 4.56. The van der Waals surface area contributed by atoms with Crippen LogP contribution >= 0.6 is 0 Å². The van der Waals surface area contributed by atoms with Crippen LogP contribution in [0.15, 0.2) is 47.5 Å². The maximum atomic E-state index is 11.5. The van der Waals surface area contributed by atoms with E-state index in [4.69, 9.17) is 0 Å². The number of rotatable bonds is 3. The lowest BCUT2D eigenvalue weighted by Crippen LogP contribution is -2.19. The average molecular weight is 231 g/mol. The van der Waals surface area contributed by atoms with Crippen LogP contribution in [0.4, 0.5) is 5.69 Å². The number of nitrogens with zero attached hydrogens (tertiary/aromatic N) is 3. The molecule has 2 heterocycles. The van der Waals surface area contributed by atoms with Crippen LogP contribution in [0.5, 0.6) is 0 Å². The fourth-order valence-corrected chi connectivity index (χ4v) is 1.42. The Bertz CT molecular complexity index is 592. The maximum absolute atomic E-state index is 11.5. The lowest BCUT2D eigenvalue weighted by molar-refractivity contribution is -0.385. The van der Waals surface area contributed by atoms with E-state index in [0.29, 0.717) is 5.69 Å². The van der Waals surface area contributed by atoms with Gasteiger partial charge in [-0.1, -0.05) is 6.07 Å². The van der Waals surface area contributed by atoms with Gasteiger partial charge in [-0.3, -0.25) is 19.9 Å². The summed E-state index contributed by atoms with van der Waals surface area (Å²) in [5, 5.41) is 10.6. The Labute approximate surface area is 96.3 Å². The lowest BCUT2D eigenvalue weighted by Gasteiger charge is -2.03. The van der Waals surface area contributed by atoms with E-state index in [1.54, 1.807) is 24.4 Å². The highest BCUT2D eigenvalue weighted by Crippen LogP contribution is 2.07. The summed E-state index contributed by atoms with van der Waals surface area (Å²) in [6.45, 7) is 0.224. The summed E-state index contributed by atoms with van der Waals surface area (Å²) in [5.41, 5.74) is 0.275. The molecule has 6 heteroatoms. The summed E-state index contributed by atoms with van der Waals surface area (Å²) in [6, 6.07) is 7.69. The van der Waals surface area contributed by atoms with Crippen molar-refractivity contribution < 1.29 is 4.92 Å². The van der Waals surface area contributed by atoms with E-state index < -0.39 is 4.92 Å². The molecule has 0 spiro atoms. The zero-order chi connectivity index (χ0) is 12.3. The van der Waals surface area contributed by atoms with Crippen LogP contribution in [-0.4, -0.2) is 14.5 Å². The van der Waals surface area contributed by atoms with Gasteiger partial charge in [0, 0.05) is 18.3 Å². The number of hydrogen-bond acceptors (Lipinski definition) is 4. The zero-order valence-electron chi connectivity index (χ0n) is 8.81. The topological polar surface area (TPSA) is 78.0 Å². The summed E-state index contributed by atoms with van der Waals surface area (Å²) in [6.07, 6.45) is 2.83. The first kappa shape index (κ1) is 11.0. The molecule has 2 aromatic rings. The fraction of sp³-hybridized carbons (Fsp3) is 0.0909. The fourth-order valence-electron chi connectivity index (χ4n) is 1.42. The minimum atomic E-state index is -0.533. The molecule has 0 saturated carbocycles. The van der Waals surface area contributed by atoms with Crippen LogP contribution in [0.2, 0.25) is 0 Å². The molecule has 86 valence electrons. The smallest absolute Gasteiger partial charge is 0.285 e. The monoisotopic (exact) mass is 231 g/mol. The molecule has 0 amide bonds. The summed E-state index contributed by atoms with van der Waals surface area (Å²) < 4.78 is 1.26. The molecule has 0 fully saturated rings. The zero-order valence-corrected chi connectivity index (χ0v) is 8.81. The molecule has 0 aliphatic heterocycles. The van der Waals surface area contributed by atoms with Gasteiger partial charge in [0.1, 0.15) is 0 Å². The third-order valence-corrected chi connectivity index (χ3v) is 2.24. The molecule has 0 aromatic carbocycles. The van der Waals surface area contributed by atoms with Crippen molar-refractivity contribution in [2.75, 3.05) is 0 Å². The van der Waals surface area contributed by atoms with Crippen molar-refractivity contribution in [3.05, 3.63) is 68.9 Å². The molecule has 0 N–H and O–H groups in total. The van der Waals surface area contributed by atoms with E-state index in [1.165, 1.54) is 22.9 Å². The number of hydrogen-bond donors (Lipinski definition) is 0. The van der Waals surface area contributed by atoms with E-state index in [2.05, 4.69) is 4.98 Å². The van der Waals surface area contributed by atoms with Crippen molar-refractivity contribution in [3.8, 4) is 0 Å². The minimum absolute atomic E-state index is 0.111. The van der Waals surface area contributed by atoms with Crippen LogP contribution in [0.1, 0.15) is 5.69 Å². The Hall–Kier alpha value is -2.50. The van der Waals surface area contributed by atoms with E-state index in [9.17, 15) is 14.9 Å². The molecule has 17 heavy (non-hydrogen) atoms. The van der Waals surface area contributed by atoms with E-state index in [1.807, 2.05) is 0 Å². The van der Waals surface area contributed by atoms with E-state index >= 15 is 0 Å². The average Bonchev–Trinajstić information content (AvgIpc) is 2.33. The number of pyridine rings is 2. The Morgan fingerprint density at radius 1 is 1.29 bits per heavy atom. The van der Waals surface area contributed by atoms with Crippen LogP contribution in [-0.2, 0) is 6.54 Å². The molecular weight excluding hydrogens is 222 g/mol. The summed E-state index contributed by atoms with van der Waals surface area (Å²) in [7, 11) is 0. The molecular formula is C11H9N3O3. The van der Waals surface area contributed by atoms with Crippen molar-refractivity contribution in [1.82, 2.24) is 9.55 Å². The predicted molar refractivity (Wildman–Crippen MR) is 60.7 cm³/mol. The van der Waals surface area contributed by atoms with Crippen LogP contribution in [0, 0.1) is 10.1 Å². The quantitative estimate of drug-likeness (QED) is 0.587. The van der Waals surface area contributed by atoms with Gasteiger partial charge in [0.05, 0.1) is 23.4 Å². The molecule has 2 rings (SSSR count). The van der Waals surface area contributed by atoms with Gasteiger partial charge in [0.25, 0.3) is 11.2 Å². The lowest BCUT2D eigenvalue weighted by atomic mass is 10.3. The van der Waals surface area contributed by atoms with Gasteiger partial charge >= 0.3 is 0 Å². The first-order chi connectivity index (χ1) is 8.16. The summed E-state index contributed by atoms with van der Waals surface area (Å²) >= 11 is 0. The van der Waals surface area contributed by atoms with E-state index in [-0.39, 0.29) is 17.8 Å². The Kier molecular flexibility index (Phi) is 2.95. The highest BCUT2D eigenvalue weighted by atomic mass is 16.6. The molecule has 0 aliphatic rings. The van der Waals surface area contributed by atoms with Crippen LogP contribution in [0.3, 0.4) is 0 Å². The molecule has 0 saturated heterocycles. The SMILES string of the molecule is O=c1ccc([N+](=O)[O-])cn1Cc1ccccn1. The molecule has 6 nitrogen and oxygen atoms in total. The summed E-state index contributed by atoms with van der Waals surface area (Å²) in [5.74, 6) is 0.